The number of carbonyl (C=O) groups is 2. The molecule has 1 heterocycles. The van der Waals surface area contributed by atoms with Gasteiger partial charge in [-0.1, -0.05) is 5.16 Å². The molecule has 1 aromatic heterocycles. The molecule has 0 aromatic carbocycles. The molecule has 0 spiro atoms. The van der Waals surface area contributed by atoms with Crippen LogP contribution in [-0.4, -0.2) is 40.0 Å². The summed E-state index contributed by atoms with van der Waals surface area (Å²) >= 11 is 0.631. The van der Waals surface area contributed by atoms with Crippen LogP contribution in [0.25, 0.3) is 0 Å². The minimum Gasteiger partial charge on any atom is -0.476 e. The molecule has 0 radical (unpaired) electrons. The highest BCUT2D eigenvalue weighted by Crippen LogP contribution is 2.21. The molecule has 0 atom stereocenters. The van der Waals surface area contributed by atoms with Gasteiger partial charge in [-0.05, 0) is 13.8 Å². The Hall–Kier alpha value is -2.17. The van der Waals surface area contributed by atoms with Crippen molar-refractivity contribution >= 4 is 34.1 Å². The van der Waals surface area contributed by atoms with E-state index >= 15 is 0 Å². The predicted molar refractivity (Wildman–Crippen MR) is 67.2 cm³/mol. The molecule has 0 unspecified atom stereocenters. The zero-order valence-electron chi connectivity index (χ0n) is 10.8. The van der Waals surface area contributed by atoms with Crippen LogP contribution in [0.4, 0.5) is 18.3 Å². The van der Waals surface area contributed by atoms with Gasteiger partial charge in [0.25, 0.3) is 0 Å². The number of carbonyl (C=O) groups excluding carboxylic acids is 1. The van der Waals surface area contributed by atoms with Crippen LogP contribution in [0.2, 0.25) is 0 Å². The van der Waals surface area contributed by atoms with Gasteiger partial charge in [-0.2, -0.15) is 13.2 Å². The first-order valence-corrected chi connectivity index (χ1v) is 6.30. The fraction of sp³-hybridized carbons (Fsp3) is 0.400. The highest BCUT2D eigenvalue weighted by atomic mass is 32.1. The summed E-state index contributed by atoms with van der Waals surface area (Å²) in [6.45, 7) is 3.22. The van der Waals surface area contributed by atoms with Crippen molar-refractivity contribution < 1.29 is 32.7 Å². The van der Waals surface area contributed by atoms with E-state index in [1.54, 1.807) is 13.8 Å². The van der Waals surface area contributed by atoms with Gasteiger partial charge in [-0.25, -0.2) is 9.78 Å². The lowest BCUT2D eigenvalue weighted by Gasteiger charge is -2.04. The van der Waals surface area contributed by atoms with Gasteiger partial charge in [-0.3, -0.25) is 10.1 Å². The molecule has 11 heteroatoms. The van der Waals surface area contributed by atoms with Crippen molar-refractivity contribution in [3.63, 3.8) is 0 Å². The molecule has 0 aliphatic rings. The number of carboxylic acids is 1. The molecule has 0 bridgehead atoms. The molecule has 116 valence electrons. The standard InChI is InChI=1S/C10H10F3N3O4S/c1-4(2)20-16-6(7(17)18)5-3-21-9(14-5)15-8(19)10(11,12)13/h3-4H,1-2H3,(H,17,18)(H,14,15,19)/b16-6-. The van der Waals surface area contributed by atoms with Crippen molar-refractivity contribution in [1.29, 1.82) is 0 Å². The highest BCUT2D eigenvalue weighted by Gasteiger charge is 2.39. The van der Waals surface area contributed by atoms with E-state index in [1.165, 1.54) is 5.32 Å². The summed E-state index contributed by atoms with van der Waals surface area (Å²) in [7, 11) is 0. The summed E-state index contributed by atoms with van der Waals surface area (Å²) in [5, 5.41) is 14.6. The first kappa shape index (κ1) is 16.9. The monoisotopic (exact) mass is 325 g/mol. The van der Waals surface area contributed by atoms with E-state index in [0.717, 1.165) is 5.38 Å². The number of thiazole rings is 1. The van der Waals surface area contributed by atoms with Gasteiger partial charge in [0.2, 0.25) is 5.71 Å². The van der Waals surface area contributed by atoms with Gasteiger partial charge in [0, 0.05) is 5.38 Å². The zero-order chi connectivity index (χ0) is 16.2. The third kappa shape index (κ3) is 5.02. The van der Waals surface area contributed by atoms with Crippen molar-refractivity contribution in [2.24, 2.45) is 5.16 Å². The van der Waals surface area contributed by atoms with E-state index in [1.807, 2.05) is 0 Å². The van der Waals surface area contributed by atoms with Crippen LogP contribution >= 0.6 is 11.3 Å². The average molecular weight is 325 g/mol. The highest BCUT2D eigenvalue weighted by molar-refractivity contribution is 7.14. The van der Waals surface area contributed by atoms with Gasteiger partial charge < -0.3 is 9.94 Å². The van der Waals surface area contributed by atoms with Crippen molar-refractivity contribution in [3.05, 3.63) is 11.1 Å². The lowest BCUT2D eigenvalue weighted by Crippen LogP contribution is -2.29. The predicted octanol–water partition coefficient (Wildman–Crippen LogP) is 1.86. The Morgan fingerprint density at radius 1 is 1.48 bits per heavy atom. The number of hydrogen-bond acceptors (Lipinski definition) is 6. The SMILES string of the molecule is CC(C)O/N=C(\C(=O)O)c1csc(NC(=O)C(F)(F)F)n1. The summed E-state index contributed by atoms with van der Waals surface area (Å²) in [5.41, 5.74) is -0.793. The van der Waals surface area contributed by atoms with Gasteiger partial charge in [-0.15, -0.1) is 11.3 Å². The lowest BCUT2D eigenvalue weighted by atomic mass is 10.3. The van der Waals surface area contributed by atoms with Gasteiger partial charge in [0.05, 0.1) is 0 Å². The number of alkyl halides is 3. The van der Waals surface area contributed by atoms with Crippen LogP contribution < -0.4 is 5.32 Å². The quantitative estimate of drug-likeness (QED) is 0.635. The molecule has 1 aromatic rings. The number of aliphatic carboxylic acids is 1. The number of anilines is 1. The number of aromatic nitrogens is 1. The number of nitrogens with one attached hydrogen (secondary N) is 1. The second-order valence-corrected chi connectivity index (χ2v) is 4.75. The van der Waals surface area contributed by atoms with E-state index in [4.69, 9.17) is 9.94 Å². The van der Waals surface area contributed by atoms with Gasteiger partial charge in [0.15, 0.2) is 5.13 Å². The second kappa shape index (κ2) is 6.52. The number of halogens is 3. The smallest absolute Gasteiger partial charge is 0.471 e. The van der Waals surface area contributed by atoms with Crippen LogP contribution in [0.1, 0.15) is 19.5 Å². The van der Waals surface area contributed by atoms with Crippen LogP contribution in [0.15, 0.2) is 10.5 Å². The molecular formula is C10H10F3N3O4S. The second-order valence-electron chi connectivity index (χ2n) is 3.89. The molecule has 0 fully saturated rings. The number of hydrogen-bond donors (Lipinski definition) is 2. The number of nitrogens with zero attached hydrogens (tertiary/aromatic N) is 2. The van der Waals surface area contributed by atoms with E-state index in [2.05, 4.69) is 10.1 Å². The van der Waals surface area contributed by atoms with Crippen LogP contribution in [0, 0.1) is 0 Å². The van der Waals surface area contributed by atoms with Crippen molar-refractivity contribution in [2.75, 3.05) is 5.32 Å². The molecule has 0 aliphatic heterocycles. The van der Waals surface area contributed by atoms with Crippen molar-refractivity contribution in [2.45, 2.75) is 26.1 Å². The van der Waals surface area contributed by atoms with E-state index < -0.39 is 28.9 Å². The molecule has 0 saturated heterocycles. The average Bonchev–Trinajstić information content (AvgIpc) is 2.75. The first-order valence-electron chi connectivity index (χ1n) is 5.42. The Labute approximate surface area is 120 Å². The lowest BCUT2D eigenvalue weighted by molar-refractivity contribution is -0.167. The Morgan fingerprint density at radius 2 is 2.10 bits per heavy atom. The number of carboxylic acid groups (broad SMARTS) is 1. The maximum absolute atomic E-state index is 12.1. The van der Waals surface area contributed by atoms with Gasteiger partial charge >= 0.3 is 18.1 Å². The molecule has 7 nitrogen and oxygen atoms in total. The third-order valence-electron chi connectivity index (χ3n) is 1.78. The normalized spacial score (nSPS) is 12.4. The summed E-state index contributed by atoms with van der Waals surface area (Å²) in [4.78, 5) is 30.0. The Morgan fingerprint density at radius 3 is 2.57 bits per heavy atom. The minimum absolute atomic E-state index is 0.217. The minimum atomic E-state index is -5.06. The maximum Gasteiger partial charge on any atom is 0.471 e. The summed E-state index contributed by atoms with van der Waals surface area (Å²) in [5.74, 6) is -3.66. The number of amides is 1. The largest absolute Gasteiger partial charge is 0.476 e. The number of oxime groups is 1. The number of rotatable bonds is 5. The molecule has 0 aliphatic carbocycles. The molecular weight excluding hydrogens is 315 g/mol. The van der Waals surface area contributed by atoms with E-state index in [0.29, 0.717) is 11.3 Å². The van der Waals surface area contributed by atoms with E-state index in [9.17, 15) is 22.8 Å². The fourth-order valence-electron chi connectivity index (χ4n) is 0.961. The molecule has 21 heavy (non-hydrogen) atoms. The Bertz CT molecular complexity index is 568. The summed E-state index contributed by atoms with van der Waals surface area (Å²) in [6.07, 6.45) is -5.45. The molecule has 0 saturated carbocycles. The zero-order valence-corrected chi connectivity index (χ0v) is 11.6. The first-order chi connectivity index (χ1) is 9.61. The van der Waals surface area contributed by atoms with Crippen LogP contribution in [-0.2, 0) is 14.4 Å². The van der Waals surface area contributed by atoms with E-state index in [-0.39, 0.29) is 11.8 Å². The summed E-state index contributed by atoms with van der Waals surface area (Å²) < 4.78 is 36.2. The fourth-order valence-corrected chi connectivity index (χ4v) is 1.65. The molecule has 1 amide bonds. The van der Waals surface area contributed by atoms with Gasteiger partial charge in [0.1, 0.15) is 11.8 Å². The maximum atomic E-state index is 12.1. The summed E-state index contributed by atoms with van der Waals surface area (Å²) in [6, 6.07) is 0. The van der Waals surface area contributed by atoms with Crippen molar-refractivity contribution in [3.8, 4) is 0 Å². The molecule has 2 N–H and O–H groups in total. The topological polar surface area (TPSA) is 101 Å². The Balaban J connectivity index is 2.92. The Kier molecular flexibility index (Phi) is 5.24. The van der Waals surface area contributed by atoms with Crippen LogP contribution in [0.5, 0.6) is 0 Å². The van der Waals surface area contributed by atoms with Crippen molar-refractivity contribution in [1.82, 2.24) is 4.98 Å². The third-order valence-corrected chi connectivity index (χ3v) is 2.54. The van der Waals surface area contributed by atoms with Crippen LogP contribution in [0.3, 0.4) is 0 Å². The molecule has 1 rings (SSSR count).